The molecular weight excluding hydrogens is 212 g/mol. The quantitative estimate of drug-likeness (QED) is 0.845. The second kappa shape index (κ2) is 5.50. The third kappa shape index (κ3) is 2.97. The normalized spacial score (nSPS) is 19.2. The highest BCUT2D eigenvalue weighted by Crippen LogP contribution is 2.34. The van der Waals surface area contributed by atoms with Crippen LogP contribution in [0.2, 0.25) is 0 Å². The fraction of sp³-hybridized carbons (Fsp3) is 0.643. The Kier molecular flexibility index (Phi) is 4.00. The van der Waals surface area contributed by atoms with E-state index in [0.29, 0.717) is 11.7 Å². The first-order valence-electron chi connectivity index (χ1n) is 6.57. The average molecular weight is 234 g/mol. The highest BCUT2D eigenvalue weighted by atomic mass is 16.3. The van der Waals surface area contributed by atoms with Crippen molar-refractivity contribution in [3.8, 4) is 0 Å². The molecule has 0 radical (unpaired) electrons. The molecule has 94 valence electrons. The molecular formula is C14H22N2O. The van der Waals surface area contributed by atoms with Crippen molar-refractivity contribution in [3.05, 3.63) is 23.4 Å². The maximum absolute atomic E-state index is 10.3. The summed E-state index contributed by atoms with van der Waals surface area (Å²) in [7, 11) is 0. The molecule has 0 amide bonds. The van der Waals surface area contributed by atoms with Gasteiger partial charge in [0.05, 0.1) is 6.10 Å². The van der Waals surface area contributed by atoms with Gasteiger partial charge in [0.2, 0.25) is 0 Å². The third-order valence-corrected chi connectivity index (χ3v) is 3.85. The zero-order valence-electron chi connectivity index (χ0n) is 10.5. The van der Waals surface area contributed by atoms with Gasteiger partial charge in [-0.3, -0.25) is 0 Å². The van der Waals surface area contributed by atoms with Gasteiger partial charge in [-0.2, -0.15) is 0 Å². The Morgan fingerprint density at radius 2 is 2.12 bits per heavy atom. The van der Waals surface area contributed by atoms with Gasteiger partial charge in [-0.15, -0.1) is 0 Å². The van der Waals surface area contributed by atoms with Gasteiger partial charge in [0.15, 0.2) is 0 Å². The predicted molar refractivity (Wildman–Crippen MR) is 69.5 cm³/mol. The van der Waals surface area contributed by atoms with Crippen LogP contribution in [-0.4, -0.2) is 10.1 Å². The van der Waals surface area contributed by atoms with Gasteiger partial charge in [-0.25, -0.2) is 4.98 Å². The second-order valence-corrected chi connectivity index (χ2v) is 5.18. The number of hydrogen-bond acceptors (Lipinski definition) is 3. The molecule has 1 fully saturated rings. The molecule has 0 bridgehead atoms. The van der Waals surface area contributed by atoms with Gasteiger partial charge in [-0.1, -0.05) is 32.1 Å². The number of aliphatic hydroxyl groups excluding tert-OH is 1. The molecule has 1 aromatic rings. The van der Waals surface area contributed by atoms with Crippen molar-refractivity contribution in [2.45, 2.75) is 51.6 Å². The Morgan fingerprint density at radius 3 is 2.76 bits per heavy atom. The van der Waals surface area contributed by atoms with E-state index in [1.54, 1.807) is 6.20 Å². The van der Waals surface area contributed by atoms with E-state index in [4.69, 9.17) is 5.73 Å². The van der Waals surface area contributed by atoms with E-state index in [-0.39, 0.29) is 0 Å². The van der Waals surface area contributed by atoms with Crippen LogP contribution in [0.3, 0.4) is 0 Å². The molecule has 1 aliphatic rings. The van der Waals surface area contributed by atoms with Crippen LogP contribution in [0.1, 0.15) is 55.8 Å². The number of nitrogens with two attached hydrogens (primary N) is 1. The van der Waals surface area contributed by atoms with Gasteiger partial charge in [0, 0.05) is 11.8 Å². The molecule has 0 aromatic carbocycles. The summed E-state index contributed by atoms with van der Waals surface area (Å²) in [5.74, 6) is 1.13. The predicted octanol–water partition coefficient (Wildman–Crippen LogP) is 2.98. The summed E-state index contributed by atoms with van der Waals surface area (Å²) in [6.07, 6.45) is 8.52. The van der Waals surface area contributed by atoms with Crippen LogP contribution in [0.15, 0.2) is 12.3 Å². The molecule has 1 saturated carbocycles. The third-order valence-electron chi connectivity index (χ3n) is 3.85. The van der Waals surface area contributed by atoms with Crippen LogP contribution in [0.4, 0.5) is 5.82 Å². The molecule has 1 heterocycles. The number of hydrogen-bond donors (Lipinski definition) is 2. The van der Waals surface area contributed by atoms with Crippen LogP contribution >= 0.6 is 0 Å². The number of rotatable bonds is 3. The van der Waals surface area contributed by atoms with Gasteiger partial charge in [0.25, 0.3) is 0 Å². The summed E-state index contributed by atoms with van der Waals surface area (Å²) in [6, 6.07) is 1.91. The Morgan fingerprint density at radius 1 is 1.41 bits per heavy atom. The zero-order chi connectivity index (χ0) is 12.3. The summed E-state index contributed by atoms with van der Waals surface area (Å²) in [6.45, 7) is 1.98. The lowest BCUT2D eigenvalue weighted by Crippen LogP contribution is -2.13. The van der Waals surface area contributed by atoms with Crippen molar-refractivity contribution in [1.82, 2.24) is 4.98 Å². The molecule has 1 atom stereocenters. The lowest BCUT2D eigenvalue weighted by atomic mass is 9.84. The Bertz CT molecular complexity index is 352. The molecule has 3 N–H and O–H groups in total. The number of nitrogen functional groups attached to an aromatic ring is 1. The minimum atomic E-state index is -0.452. The van der Waals surface area contributed by atoms with E-state index in [9.17, 15) is 5.11 Å². The van der Waals surface area contributed by atoms with E-state index >= 15 is 0 Å². The van der Waals surface area contributed by atoms with Crippen LogP contribution in [0.25, 0.3) is 0 Å². The monoisotopic (exact) mass is 234 g/mol. The fourth-order valence-electron chi connectivity index (χ4n) is 2.88. The molecule has 1 aliphatic carbocycles. The van der Waals surface area contributed by atoms with Crippen LogP contribution < -0.4 is 5.73 Å². The highest BCUT2D eigenvalue weighted by Gasteiger charge is 2.21. The molecule has 0 saturated heterocycles. The molecule has 3 heteroatoms. The molecule has 1 unspecified atom stereocenters. The van der Waals surface area contributed by atoms with Crippen molar-refractivity contribution < 1.29 is 5.11 Å². The maximum atomic E-state index is 10.3. The largest absolute Gasteiger partial charge is 0.388 e. The van der Waals surface area contributed by atoms with Crippen molar-refractivity contribution in [1.29, 1.82) is 0 Å². The minimum Gasteiger partial charge on any atom is -0.388 e. The van der Waals surface area contributed by atoms with Gasteiger partial charge >= 0.3 is 0 Å². The number of aliphatic hydroxyl groups is 1. The molecule has 1 aromatic heterocycles. The van der Waals surface area contributed by atoms with Crippen molar-refractivity contribution >= 4 is 5.82 Å². The molecule has 2 rings (SSSR count). The Labute approximate surface area is 103 Å². The molecule has 0 aliphatic heterocycles. The summed E-state index contributed by atoms with van der Waals surface area (Å²) in [5.41, 5.74) is 7.73. The number of nitrogens with zero attached hydrogens (tertiary/aromatic N) is 1. The Hall–Kier alpha value is -1.09. The standard InChI is InChI=1S/C14H22N2O/c1-10-7-8-16-14(15)13(10)12(17)9-11-5-3-2-4-6-11/h7-8,11-12,17H,2-6,9H2,1H3,(H2,15,16). The van der Waals surface area contributed by atoms with Crippen molar-refractivity contribution in [3.63, 3.8) is 0 Å². The number of anilines is 1. The van der Waals surface area contributed by atoms with Crippen LogP contribution in [0, 0.1) is 12.8 Å². The topological polar surface area (TPSA) is 59.1 Å². The van der Waals surface area contributed by atoms with Gasteiger partial charge < -0.3 is 10.8 Å². The van der Waals surface area contributed by atoms with Crippen LogP contribution in [-0.2, 0) is 0 Å². The highest BCUT2D eigenvalue weighted by molar-refractivity contribution is 5.45. The minimum absolute atomic E-state index is 0.452. The number of aromatic nitrogens is 1. The molecule has 0 spiro atoms. The summed E-state index contributed by atoms with van der Waals surface area (Å²) in [5, 5.41) is 10.3. The van der Waals surface area contributed by atoms with E-state index in [1.165, 1.54) is 32.1 Å². The second-order valence-electron chi connectivity index (χ2n) is 5.18. The van der Waals surface area contributed by atoms with E-state index in [1.807, 2.05) is 13.0 Å². The van der Waals surface area contributed by atoms with Crippen molar-refractivity contribution in [2.24, 2.45) is 5.92 Å². The van der Waals surface area contributed by atoms with Gasteiger partial charge in [-0.05, 0) is 30.9 Å². The first-order chi connectivity index (χ1) is 8.18. The number of pyridine rings is 1. The fourth-order valence-corrected chi connectivity index (χ4v) is 2.88. The van der Waals surface area contributed by atoms with Crippen LogP contribution in [0.5, 0.6) is 0 Å². The van der Waals surface area contributed by atoms with Crippen molar-refractivity contribution in [2.75, 3.05) is 5.73 Å². The lowest BCUT2D eigenvalue weighted by molar-refractivity contribution is 0.131. The smallest absolute Gasteiger partial charge is 0.129 e. The first-order valence-corrected chi connectivity index (χ1v) is 6.57. The zero-order valence-corrected chi connectivity index (χ0v) is 10.5. The molecule has 3 nitrogen and oxygen atoms in total. The number of aryl methyl sites for hydroxylation is 1. The van der Waals surface area contributed by atoms with Gasteiger partial charge in [0.1, 0.15) is 5.82 Å². The SMILES string of the molecule is Cc1ccnc(N)c1C(O)CC1CCCCC1. The summed E-state index contributed by atoms with van der Waals surface area (Å²) < 4.78 is 0. The first kappa shape index (κ1) is 12.4. The summed E-state index contributed by atoms with van der Waals surface area (Å²) >= 11 is 0. The molecule has 17 heavy (non-hydrogen) atoms. The lowest BCUT2D eigenvalue weighted by Gasteiger charge is -2.25. The van der Waals surface area contributed by atoms with E-state index in [2.05, 4.69) is 4.98 Å². The summed E-state index contributed by atoms with van der Waals surface area (Å²) in [4.78, 5) is 4.07. The van der Waals surface area contributed by atoms with E-state index < -0.39 is 6.10 Å². The Balaban J connectivity index is 2.05. The maximum Gasteiger partial charge on any atom is 0.129 e. The van der Waals surface area contributed by atoms with E-state index in [0.717, 1.165) is 17.5 Å². The average Bonchev–Trinajstić information content (AvgIpc) is 2.30.